The van der Waals surface area contributed by atoms with Crippen LogP contribution in [0, 0.1) is 0 Å². The highest BCUT2D eigenvalue weighted by molar-refractivity contribution is 5.55. The van der Waals surface area contributed by atoms with Crippen LogP contribution in [0.5, 0.6) is 0 Å². The predicted molar refractivity (Wildman–Crippen MR) is 72.2 cm³/mol. The van der Waals surface area contributed by atoms with Gasteiger partial charge in [-0.2, -0.15) is 0 Å². The molecule has 1 fully saturated rings. The molecule has 1 atom stereocenters. The molecule has 1 saturated carbocycles. The van der Waals surface area contributed by atoms with Crippen LogP contribution in [0.25, 0.3) is 0 Å². The summed E-state index contributed by atoms with van der Waals surface area (Å²) in [6.45, 7) is 1.12. The number of hydrogen-bond donors (Lipinski definition) is 2. The van der Waals surface area contributed by atoms with E-state index in [1.54, 1.807) is 0 Å². The predicted octanol–water partition coefficient (Wildman–Crippen LogP) is 2.83. The van der Waals surface area contributed by atoms with Gasteiger partial charge < -0.3 is 11.1 Å². The van der Waals surface area contributed by atoms with Gasteiger partial charge >= 0.3 is 0 Å². The summed E-state index contributed by atoms with van der Waals surface area (Å²) in [5.41, 5.74) is 10.0. The number of fused-ring (bicyclic) bond motifs is 1. The van der Waals surface area contributed by atoms with Crippen LogP contribution >= 0.6 is 0 Å². The summed E-state index contributed by atoms with van der Waals surface area (Å²) in [5, 5.41) is 3.74. The highest BCUT2D eigenvalue weighted by Gasteiger charge is 2.25. The van der Waals surface area contributed by atoms with Crippen molar-refractivity contribution >= 4 is 5.69 Å². The quantitative estimate of drug-likeness (QED) is 0.784. The van der Waals surface area contributed by atoms with Crippen molar-refractivity contribution in [2.75, 3.05) is 12.3 Å². The normalized spacial score (nSPS) is 24.1. The molecule has 0 heterocycles. The number of nitrogens with one attached hydrogen (secondary N) is 1. The largest absolute Gasteiger partial charge is 0.398 e. The minimum Gasteiger partial charge on any atom is -0.398 e. The Bertz CT molecular complexity index is 394. The molecule has 0 saturated heterocycles. The van der Waals surface area contributed by atoms with E-state index in [9.17, 15) is 0 Å². The van der Waals surface area contributed by atoms with Gasteiger partial charge in [0.2, 0.25) is 0 Å². The van der Waals surface area contributed by atoms with Crippen LogP contribution in [-0.2, 0) is 6.42 Å². The Morgan fingerprint density at radius 3 is 2.82 bits per heavy atom. The molecule has 3 rings (SSSR count). The van der Waals surface area contributed by atoms with Gasteiger partial charge in [0.05, 0.1) is 0 Å². The second-order valence-corrected chi connectivity index (χ2v) is 5.55. The highest BCUT2D eigenvalue weighted by atomic mass is 14.9. The number of nitrogen functional groups attached to an aromatic ring is 1. The van der Waals surface area contributed by atoms with Crippen molar-refractivity contribution in [3.05, 3.63) is 29.3 Å². The van der Waals surface area contributed by atoms with Crippen molar-refractivity contribution < 1.29 is 0 Å². The van der Waals surface area contributed by atoms with Crippen molar-refractivity contribution in [2.24, 2.45) is 0 Å². The first-order valence-corrected chi connectivity index (χ1v) is 6.95. The highest BCUT2D eigenvalue weighted by Crippen LogP contribution is 2.36. The summed E-state index contributed by atoms with van der Waals surface area (Å²) in [7, 11) is 0. The lowest BCUT2D eigenvalue weighted by molar-refractivity contribution is 0.486. The minimum atomic E-state index is 0.645. The third-order valence-electron chi connectivity index (χ3n) is 4.41. The maximum Gasteiger partial charge on any atom is 0.0352 e. The van der Waals surface area contributed by atoms with Crippen molar-refractivity contribution in [1.29, 1.82) is 0 Å². The van der Waals surface area contributed by atoms with E-state index >= 15 is 0 Å². The molecule has 3 N–H and O–H groups in total. The Labute approximate surface area is 104 Å². The van der Waals surface area contributed by atoms with Crippen LogP contribution in [0.1, 0.15) is 49.1 Å². The van der Waals surface area contributed by atoms with E-state index in [1.165, 1.54) is 49.7 Å². The van der Waals surface area contributed by atoms with Gasteiger partial charge in [-0.25, -0.2) is 0 Å². The third kappa shape index (κ3) is 2.19. The summed E-state index contributed by atoms with van der Waals surface area (Å²) >= 11 is 0. The summed E-state index contributed by atoms with van der Waals surface area (Å²) < 4.78 is 0. The number of rotatable bonds is 3. The maximum atomic E-state index is 6.12. The third-order valence-corrected chi connectivity index (χ3v) is 4.41. The molecule has 0 aliphatic heterocycles. The molecule has 2 aliphatic rings. The van der Waals surface area contributed by atoms with E-state index in [4.69, 9.17) is 5.73 Å². The van der Waals surface area contributed by atoms with Crippen molar-refractivity contribution in [3.8, 4) is 0 Å². The number of aryl methyl sites for hydroxylation is 1. The zero-order valence-electron chi connectivity index (χ0n) is 10.4. The fourth-order valence-electron chi connectivity index (χ4n) is 3.47. The summed E-state index contributed by atoms with van der Waals surface area (Å²) in [6.07, 6.45) is 8.01. The summed E-state index contributed by atoms with van der Waals surface area (Å²) in [4.78, 5) is 0. The van der Waals surface area contributed by atoms with E-state index in [1.807, 2.05) is 6.07 Å². The Hall–Kier alpha value is -1.02. The maximum absolute atomic E-state index is 6.12. The second kappa shape index (κ2) is 4.69. The Morgan fingerprint density at radius 2 is 2.00 bits per heavy atom. The lowest BCUT2D eigenvalue weighted by Crippen LogP contribution is -2.30. The zero-order chi connectivity index (χ0) is 11.7. The van der Waals surface area contributed by atoms with E-state index in [-0.39, 0.29) is 0 Å². The van der Waals surface area contributed by atoms with Crippen LogP contribution < -0.4 is 11.1 Å². The minimum absolute atomic E-state index is 0.645. The molecule has 17 heavy (non-hydrogen) atoms. The second-order valence-electron chi connectivity index (χ2n) is 5.55. The fourth-order valence-corrected chi connectivity index (χ4v) is 3.47. The average Bonchev–Trinajstić information content (AvgIpc) is 2.95. The standard InChI is InChI=1S/C15H22N2/c16-14-7-3-4-11-8-9-12(15(11)14)10-17-13-5-1-2-6-13/h3-4,7,12-13,17H,1-2,5-6,8-10,16H2. The molecule has 1 unspecified atom stereocenters. The lowest BCUT2D eigenvalue weighted by atomic mass is 9.99. The SMILES string of the molecule is Nc1cccc2c1C(CNC1CCCC1)CC2. The van der Waals surface area contributed by atoms with Crippen molar-refractivity contribution in [3.63, 3.8) is 0 Å². The van der Waals surface area contributed by atoms with Gasteiger partial charge in [-0.15, -0.1) is 0 Å². The molecular formula is C15H22N2. The number of nitrogens with two attached hydrogens (primary N) is 1. The van der Waals surface area contributed by atoms with Gasteiger partial charge in [0.25, 0.3) is 0 Å². The Kier molecular flexibility index (Phi) is 3.06. The van der Waals surface area contributed by atoms with Crippen molar-refractivity contribution in [1.82, 2.24) is 5.32 Å². The molecule has 1 aromatic carbocycles. The first-order valence-electron chi connectivity index (χ1n) is 6.95. The van der Waals surface area contributed by atoms with E-state index in [0.29, 0.717) is 5.92 Å². The molecule has 2 heteroatoms. The van der Waals surface area contributed by atoms with Gasteiger partial charge in [0, 0.05) is 18.3 Å². The first kappa shape index (κ1) is 11.1. The van der Waals surface area contributed by atoms with Gasteiger partial charge in [0.15, 0.2) is 0 Å². The van der Waals surface area contributed by atoms with E-state index in [0.717, 1.165) is 18.3 Å². The topological polar surface area (TPSA) is 38.0 Å². The first-order chi connectivity index (χ1) is 8.34. The molecule has 0 radical (unpaired) electrons. The molecule has 0 aromatic heterocycles. The molecule has 1 aromatic rings. The van der Waals surface area contributed by atoms with Gasteiger partial charge in [-0.1, -0.05) is 25.0 Å². The number of benzene rings is 1. The molecule has 2 aliphatic carbocycles. The van der Waals surface area contributed by atoms with E-state index < -0.39 is 0 Å². The van der Waals surface area contributed by atoms with Gasteiger partial charge in [-0.3, -0.25) is 0 Å². The summed E-state index contributed by atoms with van der Waals surface area (Å²) in [5.74, 6) is 0.645. The monoisotopic (exact) mass is 230 g/mol. The average molecular weight is 230 g/mol. The molecule has 92 valence electrons. The van der Waals surface area contributed by atoms with Crippen LogP contribution in [0.2, 0.25) is 0 Å². The fraction of sp³-hybridized carbons (Fsp3) is 0.600. The smallest absolute Gasteiger partial charge is 0.0352 e. The van der Waals surface area contributed by atoms with Crippen LogP contribution in [0.4, 0.5) is 5.69 Å². The van der Waals surface area contributed by atoms with Crippen LogP contribution in [0.3, 0.4) is 0 Å². The van der Waals surface area contributed by atoms with Gasteiger partial charge in [0.1, 0.15) is 0 Å². The molecule has 2 nitrogen and oxygen atoms in total. The van der Waals surface area contributed by atoms with Crippen molar-refractivity contribution in [2.45, 2.75) is 50.5 Å². The Balaban J connectivity index is 1.66. The number of anilines is 1. The van der Waals surface area contributed by atoms with Gasteiger partial charge in [-0.05, 0) is 48.8 Å². The molecule has 0 amide bonds. The Morgan fingerprint density at radius 1 is 1.18 bits per heavy atom. The molecule has 0 bridgehead atoms. The summed E-state index contributed by atoms with van der Waals surface area (Å²) in [6, 6.07) is 7.14. The molecule has 0 spiro atoms. The number of hydrogen-bond acceptors (Lipinski definition) is 2. The van der Waals surface area contributed by atoms with Crippen LogP contribution in [-0.4, -0.2) is 12.6 Å². The lowest BCUT2D eigenvalue weighted by Gasteiger charge is -2.18. The van der Waals surface area contributed by atoms with Crippen LogP contribution in [0.15, 0.2) is 18.2 Å². The zero-order valence-corrected chi connectivity index (χ0v) is 10.4. The van der Waals surface area contributed by atoms with E-state index in [2.05, 4.69) is 17.4 Å². The molecular weight excluding hydrogens is 208 g/mol.